The SMILES string of the molecule is CC1CCCCN1C(=O)CSc1ccc(F)c(F)c1. The molecule has 1 amide bonds. The fraction of sp³-hybridized carbons (Fsp3) is 0.500. The van der Waals surface area contributed by atoms with Gasteiger partial charge in [-0.1, -0.05) is 0 Å². The normalized spacial score (nSPS) is 19.5. The third-order valence-corrected chi connectivity index (χ3v) is 4.36. The second kappa shape index (κ2) is 6.37. The average molecular weight is 285 g/mol. The number of carbonyl (C=O) groups is 1. The molecule has 0 N–H and O–H groups in total. The molecule has 0 radical (unpaired) electrons. The van der Waals surface area contributed by atoms with Crippen LogP contribution in [0.4, 0.5) is 8.78 Å². The third kappa shape index (κ3) is 3.69. The van der Waals surface area contributed by atoms with Crippen LogP contribution in [-0.2, 0) is 4.79 Å². The predicted molar refractivity (Wildman–Crippen MR) is 72.1 cm³/mol. The van der Waals surface area contributed by atoms with Crippen molar-refractivity contribution in [3.05, 3.63) is 29.8 Å². The van der Waals surface area contributed by atoms with E-state index < -0.39 is 11.6 Å². The van der Waals surface area contributed by atoms with E-state index in [-0.39, 0.29) is 17.7 Å². The highest BCUT2D eigenvalue weighted by atomic mass is 32.2. The molecule has 1 aliphatic rings. The third-order valence-electron chi connectivity index (χ3n) is 3.38. The van der Waals surface area contributed by atoms with Gasteiger partial charge in [0.1, 0.15) is 0 Å². The van der Waals surface area contributed by atoms with Gasteiger partial charge in [-0.05, 0) is 44.4 Å². The summed E-state index contributed by atoms with van der Waals surface area (Å²) >= 11 is 1.25. The Hall–Kier alpha value is -1.10. The molecule has 1 saturated heterocycles. The lowest BCUT2D eigenvalue weighted by Crippen LogP contribution is -2.42. The van der Waals surface area contributed by atoms with E-state index in [4.69, 9.17) is 0 Å². The van der Waals surface area contributed by atoms with Crippen LogP contribution in [0.15, 0.2) is 23.1 Å². The van der Waals surface area contributed by atoms with Crippen LogP contribution in [-0.4, -0.2) is 29.1 Å². The fourth-order valence-electron chi connectivity index (χ4n) is 2.26. The Balaban J connectivity index is 1.90. The van der Waals surface area contributed by atoms with Crippen LogP contribution in [0.25, 0.3) is 0 Å². The number of carbonyl (C=O) groups excluding carboxylic acids is 1. The molecule has 2 rings (SSSR count). The lowest BCUT2D eigenvalue weighted by Gasteiger charge is -2.33. The molecule has 19 heavy (non-hydrogen) atoms. The van der Waals surface area contributed by atoms with Crippen LogP contribution in [0, 0.1) is 11.6 Å². The van der Waals surface area contributed by atoms with Crippen molar-refractivity contribution >= 4 is 17.7 Å². The predicted octanol–water partition coefficient (Wildman–Crippen LogP) is 3.46. The van der Waals surface area contributed by atoms with Crippen LogP contribution in [0.5, 0.6) is 0 Å². The highest BCUT2D eigenvalue weighted by molar-refractivity contribution is 8.00. The Morgan fingerprint density at radius 1 is 1.37 bits per heavy atom. The van der Waals surface area contributed by atoms with E-state index in [1.807, 2.05) is 4.90 Å². The molecular formula is C14H17F2NOS. The van der Waals surface area contributed by atoms with Gasteiger partial charge < -0.3 is 4.90 Å². The van der Waals surface area contributed by atoms with Gasteiger partial charge in [0.05, 0.1) is 5.75 Å². The number of hydrogen-bond donors (Lipinski definition) is 0. The van der Waals surface area contributed by atoms with E-state index in [2.05, 4.69) is 6.92 Å². The summed E-state index contributed by atoms with van der Waals surface area (Å²) in [5.41, 5.74) is 0. The summed E-state index contributed by atoms with van der Waals surface area (Å²) in [6.45, 7) is 2.86. The maximum atomic E-state index is 13.0. The topological polar surface area (TPSA) is 20.3 Å². The van der Waals surface area contributed by atoms with Crippen molar-refractivity contribution in [3.63, 3.8) is 0 Å². The number of likely N-dealkylation sites (tertiary alicyclic amines) is 1. The first-order valence-electron chi connectivity index (χ1n) is 6.45. The second-order valence-corrected chi connectivity index (χ2v) is 5.85. The molecule has 1 fully saturated rings. The highest BCUT2D eigenvalue weighted by Gasteiger charge is 2.22. The Kier molecular flexibility index (Phi) is 4.80. The van der Waals surface area contributed by atoms with Crippen LogP contribution < -0.4 is 0 Å². The Labute approximate surface area is 116 Å². The number of hydrogen-bond acceptors (Lipinski definition) is 2. The summed E-state index contributed by atoms with van der Waals surface area (Å²) in [5, 5.41) is 0. The Morgan fingerprint density at radius 2 is 2.16 bits per heavy atom. The summed E-state index contributed by atoms with van der Waals surface area (Å²) in [4.78, 5) is 14.5. The number of thioether (sulfide) groups is 1. The molecule has 1 heterocycles. The standard InChI is InChI=1S/C14H17F2NOS/c1-10-4-2-3-7-17(10)14(18)9-19-11-5-6-12(15)13(16)8-11/h5-6,8,10H,2-4,7,9H2,1H3. The van der Waals surface area contributed by atoms with E-state index in [1.54, 1.807) is 0 Å². The number of nitrogens with zero attached hydrogens (tertiary/aromatic N) is 1. The van der Waals surface area contributed by atoms with Crippen LogP contribution in [0.2, 0.25) is 0 Å². The smallest absolute Gasteiger partial charge is 0.233 e. The molecule has 2 nitrogen and oxygen atoms in total. The molecule has 104 valence electrons. The van der Waals surface area contributed by atoms with Gasteiger partial charge in [-0.3, -0.25) is 4.79 Å². The maximum absolute atomic E-state index is 13.0. The van der Waals surface area contributed by atoms with Crippen molar-refractivity contribution < 1.29 is 13.6 Å². The minimum absolute atomic E-state index is 0.0712. The van der Waals surface area contributed by atoms with E-state index in [0.29, 0.717) is 4.90 Å². The molecule has 0 spiro atoms. The molecule has 5 heteroatoms. The van der Waals surface area contributed by atoms with Crippen LogP contribution >= 0.6 is 11.8 Å². The largest absolute Gasteiger partial charge is 0.339 e. The number of amides is 1. The van der Waals surface area contributed by atoms with Gasteiger partial charge in [-0.2, -0.15) is 0 Å². The van der Waals surface area contributed by atoms with E-state index >= 15 is 0 Å². The van der Waals surface area contributed by atoms with Gasteiger partial charge in [-0.15, -0.1) is 11.8 Å². The van der Waals surface area contributed by atoms with Crippen molar-refractivity contribution in [1.29, 1.82) is 0 Å². The van der Waals surface area contributed by atoms with Crippen molar-refractivity contribution in [2.24, 2.45) is 0 Å². The quantitative estimate of drug-likeness (QED) is 0.793. The van der Waals surface area contributed by atoms with E-state index in [1.165, 1.54) is 24.2 Å². The summed E-state index contributed by atoms with van der Waals surface area (Å²) < 4.78 is 25.8. The minimum Gasteiger partial charge on any atom is -0.339 e. The molecule has 1 aromatic carbocycles. The summed E-state index contributed by atoms with van der Waals surface area (Å²) in [5.74, 6) is -1.39. The second-order valence-electron chi connectivity index (χ2n) is 4.80. The van der Waals surface area contributed by atoms with Gasteiger partial charge in [0.2, 0.25) is 5.91 Å². The van der Waals surface area contributed by atoms with Gasteiger partial charge in [0, 0.05) is 17.5 Å². The molecule has 1 aliphatic heterocycles. The van der Waals surface area contributed by atoms with Crippen LogP contribution in [0.1, 0.15) is 26.2 Å². The zero-order chi connectivity index (χ0) is 13.8. The Morgan fingerprint density at radius 3 is 2.84 bits per heavy atom. The molecule has 0 saturated carbocycles. The lowest BCUT2D eigenvalue weighted by molar-refractivity contribution is -0.131. The molecule has 0 bridgehead atoms. The average Bonchev–Trinajstić information content (AvgIpc) is 2.40. The summed E-state index contributed by atoms with van der Waals surface area (Å²) in [6.07, 6.45) is 3.26. The first kappa shape index (κ1) is 14.3. The first-order chi connectivity index (χ1) is 9.08. The summed E-state index contributed by atoms with van der Waals surface area (Å²) in [6, 6.07) is 4.00. The zero-order valence-corrected chi connectivity index (χ0v) is 11.7. The lowest BCUT2D eigenvalue weighted by atomic mass is 10.0. The van der Waals surface area contributed by atoms with Crippen LogP contribution in [0.3, 0.4) is 0 Å². The van der Waals surface area contributed by atoms with Crippen molar-refractivity contribution in [2.75, 3.05) is 12.3 Å². The van der Waals surface area contributed by atoms with Crippen molar-refractivity contribution in [3.8, 4) is 0 Å². The molecule has 1 atom stereocenters. The molecular weight excluding hydrogens is 268 g/mol. The number of halogens is 2. The molecule has 0 aromatic heterocycles. The van der Waals surface area contributed by atoms with Gasteiger partial charge in [-0.25, -0.2) is 8.78 Å². The fourth-order valence-corrected chi connectivity index (χ4v) is 3.07. The van der Waals surface area contributed by atoms with Gasteiger partial charge in [0.15, 0.2) is 11.6 Å². The van der Waals surface area contributed by atoms with Crippen molar-refractivity contribution in [2.45, 2.75) is 37.1 Å². The number of piperidine rings is 1. The maximum Gasteiger partial charge on any atom is 0.233 e. The number of benzene rings is 1. The first-order valence-corrected chi connectivity index (χ1v) is 7.44. The Bertz CT molecular complexity index is 467. The zero-order valence-electron chi connectivity index (χ0n) is 10.9. The van der Waals surface area contributed by atoms with Gasteiger partial charge in [0.25, 0.3) is 0 Å². The van der Waals surface area contributed by atoms with E-state index in [0.717, 1.165) is 31.5 Å². The van der Waals surface area contributed by atoms with Gasteiger partial charge >= 0.3 is 0 Å². The minimum atomic E-state index is -0.871. The monoisotopic (exact) mass is 285 g/mol. The number of rotatable bonds is 3. The van der Waals surface area contributed by atoms with Crippen molar-refractivity contribution in [1.82, 2.24) is 4.90 Å². The summed E-state index contributed by atoms with van der Waals surface area (Å²) in [7, 11) is 0. The highest BCUT2D eigenvalue weighted by Crippen LogP contribution is 2.23. The molecule has 1 aromatic rings. The molecule has 0 aliphatic carbocycles. The molecule has 1 unspecified atom stereocenters. The van der Waals surface area contributed by atoms with E-state index in [9.17, 15) is 13.6 Å².